The van der Waals surface area contributed by atoms with Crippen LogP contribution in [0.5, 0.6) is 0 Å². The zero-order valence-electron chi connectivity index (χ0n) is 10.4. The molecule has 0 spiro atoms. The summed E-state index contributed by atoms with van der Waals surface area (Å²) in [5.74, 6) is 0.953. The van der Waals surface area contributed by atoms with Gasteiger partial charge in [-0.3, -0.25) is 0 Å². The molecule has 0 saturated carbocycles. The van der Waals surface area contributed by atoms with Crippen LogP contribution in [0, 0.1) is 5.92 Å². The molecule has 16 heavy (non-hydrogen) atoms. The lowest BCUT2D eigenvalue weighted by atomic mass is 9.79. The number of rotatable bonds is 1. The highest BCUT2D eigenvalue weighted by atomic mass is 14.2. The molecule has 0 aromatic heterocycles. The Morgan fingerprint density at radius 1 is 0.938 bits per heavy atom. The van der Waals surface area contributed by atoms with Crippen molar-refractivity contribution in [3.8, 4) is 0 Å². The van der Waals surface area contributed by atoms with Gasteiger partial charge in [-0.1, -0.05) is 25.5 Å². The zero-order chi connectivity index (χ0) is 11.0. The van der Waals surface area contributed by atoms with E-state index in [1.165, 1.54) is 51.4 Å². The Morgan fingerprint density at radius 2 is 1.56 bits per heavy atom. The van der Waals surface area contributed by atoms with Crippen molar-refractivity contribution in [3.63, 3.8) is 0 Å². The monoisotopic (exact) mass is 214 g/mol. The van der Waals surface area contributed by atoms with Gasteiger partial charge >= 0.3 is 0 Å². The SMILES string of the molecule is CCC1CCc2cc3c(cc2C1)CCCC3. The fraction of sp³-hybridized carbons (Fsp3) is 0.625. The molecule has 1 aromatic carbocycles. The van der Waals surface area contributed by atoms with Gasteiger partial charge in [0.25, 0.3) is 0 Å². The summed E-state index contributed by atoms with van der Waals surface area (Å²) in [7, 11) is 0. The summed E-state index contributed by atoms with van der Waals surface area (Å²) in [6.07, 6.45) is 10.9. The first-order valence-electron chi connectivity index (χ1n) is 7.00. The van der Waals surface area contributed by atoms with Crippen molar-refractivity contribution in [3.05, 3.63) is 34.4 Å². The summed E-state index contributed by atoms with van der Waals surface area (Å²) < 4.78 is 0. The van der Waals surface area contributed by atoms with E-state index in [0.29, 0.717) is 0 Å². The molecule has 0 nitrogen and oxygen atoms in total. The minimum atomic E-state index is 0.953. The van der Waals surface area contributed by atoms with E-state index in [1.807, 2.05) is 0 Å². The van der Waals surface area contributed by atoms with Crippen LogP contribution in [-0.4, -0.2) is 0 Å². The van der Waals surface area contributed by atoms with Gasteiger partial charge in [-0.05, 0) is 73.1 Å². The second-order valence-electron chi connectivity index (χ2n) is 5.61. The van der Waals surface area contributed by atoms with E-state index in [4.69, 9.17) is 0 Å². The third-order valence-corrected chi connectivity index (χ3v) is 4.57. The van der Waals surface area contributed by atoms with Crippen LogP contribution in [-0.2, 0) is 25.7 Å². The molecule has 0 N–H and O–H groups in total. The zero-order valence-corrected chi connectivity index (χ0v) is 10.4. The van der Waals surface area contributed by atoms with Crippen molar-refractivity contribution in [2.45, 2.75) is 58.3 Å². The lowest BCUT2D eigenvalue weighted by Crippen LogP contribution is -2.15. The van der Waals surface area contributed by atoms with Crippen LogP contribution < -0.4 is 0 Å². The molecule has 0 heteroatoms. The molecule has 0 amide bonds. The fourth-order valence-electron chi connectivity index (χ4n) is 3.43. The maximum atomic E-state index is 2.55. The summed E-state index contributed by atoms with van der Waals surface area (Å²) in [4.78, 5) is 0. The third-order valence-electron chi connectivity index (χ3n) is 4.57. The van der Waals surface area contributed by atoms with Crippen LogP contribution >= 0.6 is 0 Å². The first kappa shape index (κ1) is 10.4. The summed E-state index contributed by atoms with van der Waals surface area (Å²) in [6.45, 7) is 2.34. The standard InChI is InChI=1S/C16H22/c1-2-12-7-8-15-10-13-5-3-4-6-14(13)11-16(15)9-12/h10-12H,2-9H2,1H3. The van der Waals surface area contributed by atoms with E-state index in [-0.39, 0.29) is 0 Å². The Morgan fingerprint density at radius 3 is 2.25 bits per heavy atom. The minimum absolute atomic E-state index is 0.953. The molecular weight excluding hydrogens is 192 g/mol. The molecular formula is C16H22. The average Bonchev–Trinajstić information content (AvgIpc) is 2.35. The highest BCUT2D eigenvalue weighted by Gasteiger charge is 2.20. The van der Waals surface area contributed by atoms with Gasteiger partial charge in [-0.25, -0.2) is 0 Å². The molecule has 0 bridgehead atoms. The van der Waals surface area contributed by atoms with Crippen LogP contribution in [0.15, 0.2) is 12.1 Å². The highest BCUT2D eigenvalue weighted by molar-refractivity contribution is 5.41. The molecule has 0 saturated heterocycles. The summed E-state index contributed by atoms with van der Waals surface area (Å²) >= 11 is 0. The van der Waals surface area contributed by atoms with Crippen LogP contribution in [0.3, 0.4) is 0 Å². The van der Waals surface area contributed by atoms with E-state index in [1.54, 1.807) is 22.3 Å². The van der Waals surface area contributed by atoms with E-state index in [0.717, 1.165) is 5.92 Å². The predicted octanol–water partition coefficient (Wildman–Crippen LogP) is 4.08. The number of hydrogen-bond donors (Lipinski definition) is 0. The minimum Gasteiger partial charge on any atom is -0.0651 e. The quantitative estimate of drug-likeness (QED) is 0.661. The van der Waals surface area contributed by atoms with Gasteiger partial charge in [0.1, 0.15) is 0 Å². The molecule has 1 aromatic rings. The van der Waals surface area contributed by atoms with Crippen LogP contribution in [0.2, 0.25) is 0 Å². The van der Waals surface area contributed by atoms with E-state index in [9.17, 15) is 0 Å². The maximum absolute atomic E-state index is 2.55. The van der Waals surface area contributed by atoms with E-state index >= 15 is 0 Å². The lowest BCUT2D eigenvalue weighted by molar-refractivity contribution is 0.444. The van der Waals surface area contributed by atoms with E-state index < -0.39 is 0 Å². The van der Waals surface area contributed by atoms with Crippen molar-refractivity contribution < 1.29 is 0 Å². The second-order valence-corrected chi connectivity index (χ2v) is 5.61. The Balaban J connectivity index is 1.95. The molecule has 2 aliphatic rings. The number of hydrogen-bond acceptors (Lipinski definition) is 0. The largest absolute Gasteiger partial charge is 0.0651 e. The van der Waals surface area contributed by atoms with Crippen LogP contribution in [0.25, 0.3) is 0 Å². The normalized spacial score (nSPS) is 23.7. The van der Waals surface area contributed by atoms with Gasteiger partial charge in [0, 0.05) is 0 Å². The van der Waals surface area contributed by atoms with Crippen molar-refractivity contribution in [1.82, 2.24) is 0 Å². The molecule has 1 unspecified atom stereocenters. The summed E-state index contributed by atoms with van der Waals surface area (Å²) in [6, 6.07) is 5.08. The average molecular weight is 214 g/mol. The first-order chi connectivity index (χ1) is 7.86. The Hall–Kier alpha value is -0.780. The fourth-order valence-corrected chi connectivity index (χ4v) is 3.43. The topological polar surface area (TPSA) is 0 Å². The number of aryl methyl sites for hydroxylation is 3. The number of fused-ring (bicyclic) bond motifs is 2. The lowest BCUT2D eigenvalue weighted by Gasteiger charge is -2.27. The molecule has 0 fully saturated rings. The van der Waals surface area contributed by atoms with Crippen molar-refractivity contribution >= 4 is 0 Å². The molecule has 2 aliphatic carbocycles. The molecule has 3 rings (SSSR count). The third kappa shape index (κ3) is 1.79. The molecule has 0 heterocycles. The van der Waals surface area contributed by atoms with Gasteiger partial charge in [0.2, 0.25) is 0 Å². The number of benzene rings is 1. The molecule has 0 aliphatic heterocycles. The maximum Gasteiger partial charge on any atom is -0.0248 e. The summed E-state index contributed by atoms with van der Waals surface area (Å²) in [5, 5.41) is 0. The molecule has 0 radical (unpaired) electrons. The van der Waals surface area contributed by atoms with Gasteiger partial charge in [0.15, 0.2) is 0 Å². The molecule has 1 atom stereocenters. The Bertz CT molecular complexity index is 389. The van der Waals surface area contributed by atoms with Crippen molar-refractivity contribution in [1.29, 1.82) is 0 Å². The van der Waals surface area contributed by atoms with Gasteiger partial charge in [0.05, 0.1) is 0 Å². The molecule has 86 valence electrons. The highest BCUT2D eigenvalue weighted by Crippen LogP contribution is 2.32. The van der Waals surface area contributed by atoms with Crippen molar-refractivity contribution in [2.24, 2.45) is 5.92 Å². The predicted molar refractivity (Wildman–Crippen MR) is 68.9 cm³/mol. The van der Waals surface area contributed by atoms with E-state index in [2.05, 4.69) is 19.1 Å². The Kier molecular flexibility index (Phi) is 2.75. The smallest absolute Gasteiger partial charge is 0.0248 e. The van der Waals surface area contributed by atoms with Crippen LogP contribution in [0.4, 0.5) is 0 Å². The Labute approximate surface area is 99.1 Å². The van der Waals surface area contributed by atoms with Crippen molar-refractivity contribution in [2.75, 3.05) is 0 Å². The second kappa shape index (κ2) is 4.24. The van der Waals surface area contributed by atoms with Crippen LogP contribution in [0.1, 0.15) is 54.9 Å². The summed E-state index contributed by atoms with van der Waals surface area (Å²) in [5.41, 5.74) is 6.69. The first-order valence-corrected chi connectivity index (χ1v) is 7.00. The van der Waals surface area contributed by atoms with Gasteiger partial charge in [-0.2, -0.15) is 0 Å². The van der Waals surface area contributed by atoms with Gasteiger partial charge < -0.3 is 0 Å². The van der Waals surface area contributed by atoms with Gasteiger partial charge in [-0.15, -0.1) is 0 Å².